The van der Waals surface area contributed by atoms with Crippen LogP contribution < -0.4 is 15.0 Å². The number of esters is 1. The molecule has 2 aromatic carbocycles. The van der Waals surface area contributed by atoms with Gasteiger partial charge in [0, 0.05) is 19.2 Å². The average molecular weight is 516 g/mol. The minimum absolute atomic E-state index is 0.0281. The Bertz CT molecular complexity index is 1300. The van der Waals surface area contributed by atoms with Gasteiger partial charge < -0.3 is 19.5 Å². The molecule has 36 heavy (non-hydrogen) atoms. The number of amides is 2. The summed E-state index contributed by atoms with van der Waals surface area (Å²) < 4.78 is 43.0. The number of benzene rings is 2. The lowest BCUT2D eigenvalue weighted by Crippen LogP contribution is -2.43. The number of hydrogen-bond acceptors (Lipinski definition) is 8. The Kier molecular flexibility index (Phi) is 7.67. The van der Waals surface area contributed by atoms with Gasteiger partial charge in [0.15, 0.2) is 6.61 Å². The summed E-state index contributed by atoms with van der Waals surface area (Å²) in [5.41, 5.74) is 1.43. The minimum atomic E-state index is -3.83. The Morgan fingerprint density at radius 3 is 2.64 bits per heavy atom. The van der Waals surface area contributed by atoms with Crippen molar-refractivity contribution >= 4 is 45.3 Å². The molecule has 0 aliphatic carbocycles. The van der Waals surface area contributed by atoms with E-state index in [1.165, 1.54) is 34.5 Å². The second kappa shape index (κ2) is 10.9. The standard InChI is InChI=1S/C24H25N3O8S/c1-33-20-8-6-17(14-21(20)36(31,32)26-10-12-34-13-11-26)7-9-24(30)35-16-23(29)27-15-22(28)25-18-4-2-3-5-19(18)27/h2-9,14H,10-13,15-16H2,1H3,(H,25,28). The highest BCUT2D eigenvalue weighted by molar-refractivity contribution is 7.89. The molecule has 190 valence electrons. The maximum absolute atomic E-state index is 13.1. The molecule has 2 amide bonds. The van der Waals surface area contributed by atoms with E-state index in [-0.39, 0.29) is 36.2 Å². The quantitative estimate of drug-likeness (QED) is 0.431. The maximum atomic E-state index is 13.1. The van der Waals surface area contributed by atoms with Gasteiger partial charge in [-0.05, 0) is 35.9 Å². The number of rotatable bonds is 7. The second-order valence-electron chi connectivity index (χ2n) is 7.91. The average Bonchev–Trinajstić information content (AvgIpc) is 2.90. The van der Waals surface area contributed by atoms with E-state index in [4.69, 9.17) is 14.2 Å². The summed E-state index contributed by atoms with van der Waals surface area (Å²) in [6.45, 7) is 0.322. The molecule has 2 aromatic rings. The zero-order chi connectivity index (χ0) is 25.7. The van der Waals surface area contributed by atoms with Crippen molar-refractivity contribution < 1.29 is 37.0 Å². The van der Waals surface area contributed by atoms with Crippen LogP contribution in [0.5, 0.6) is 5.75 Å². The number of anilines is 2. The molecule has 12 heteroatoms. The SMILES string of the molecule is COc1ccc(C=CC(=O)OCC(=O)N2CC(=O)Nc3ccccc32)cc1S(=O)(=O)N1CCOCC1. The Morgan fingerprint density at radius 2 is 1.89 bits per heavy atom. The molecule has 0 unspecified atom stereocenters. The lowest BCUT2D eigenvalue weighted by molar-refractivity contribution is -0.143. The van der Waals surface area contributed by atoms with Crippen molar-refractivity contribution in [2.45, 2.75) is 4.90 Å². The molecule has 2 aliphatic heterocycles. The first-order chi connectivity index (χ1) is 17.3. The molecule has 11 nitrogen and oxygen atoms in total. The van der Waals surface area contributed by atoms with Gasteiger partial charge in [-0.15, -0.1) is 0 Å². The molecule has 0 aromatic heterocycles. The molecule has 0 radical (unpaired) electrons. The van der Waals surface area contributed by atoms with Crippen LogP contribution in [0.4, 0.5) is 11.4 Å². The number of carbonyl (C=O) groups is 3. The van der Waals surface area contributed by atoms with Crippen LogP contribution in [0.2, 0.25) is 0 Å². The molecule has 0 bridgehead atoms. The van der Waals surface area contributed by atoms with Crippen LogP contribution in [-0.2, 0) is 33.9 Å². The molecule has 0 atom stereocenters. The molecule has 1 N–H and O–H groups in total. The van der Waals surface area contributed by atoms with Crippen LogP contribution in [0, 0.1) is 0 Å². The monoisotopic (exact) mass is 515 g/mol. The first kappa shape index (κ1) is 25.4. The van der Waals surface area contributed by atoms with Crippen LogP contribution in [0.1, 0.15) is 5.56 Å². The Balaban J connectivity index is 1.42. The zero-order valence-corrected chi connectivity index (χ0v) is 20.3. The van der Waals surface area contributed by atoms with Crippen LogP contribution in [0.3, 0.4) is 0 Å². The first-order valence-corrected chi connectivity index (χ1v) is 12.5. The highest BCUT2D eigenvalue weighted by atomic mass is 32.2. The zero-order valence-electron chi connectivity index (χ0n) is 19.5. The number of methoxy groups -OCH3 is 1. The van der Waals surface area contributed by atoms with Crippen molar-refractivity contribution in [3.05, 3.63) is 54.1 Å². The number of nitrogens with one attached hydrogen (secondary N) is 1. The molecular weight excluding hydrogens is 490 g/mol. The van der Waals surface area contributed by atoms with Gasteiger partial charge in [0.05, 0.1) is 31.7 Å². The van der Waals surface area contributed by atoms with E-state index in [0.717, 1.165) is 6.08 Å². The molecule has 0 saturated carbocycles. The van der Waals surface area contributed by atoms with Gasteiger partial charge in [-0.3, -0.25) is 14.5 Å². The number of hydrogen-bond donors (Lipinski definition) is 1. The highest BCUT2D eigenvalue weighted by Crippen LogP contribution is 2.30. The summed E-state index contributed by atoms with van der Waals surface area (Å²) in [6, 6.07) is 11.3. The van der Waals surface area contributed by atoms with Gasteiger partial charge in [-0.25, -0.2) is 13.2 Å². The van der Waals surface area contributed by atoms with E-state index in [1.54, 1.807) is 30.3 Å². The number of nitrogens with zero attached hydrogens (tertiary/aromatic N) is 2. The van der Waals surface area contributed by atoms with E-state index in [2.05, 4.69) is 5.32 Å². The fourth-order valence-electron chi connectivity index (χ4n) is 3.80. The third-order valence-corrected chi connectivity index (χ3v) is 7.52. The van der Waals surface area contributed by atoms with Crippen molar-refractivity contribution in [3.8, 4) is 5.75 Å². The Labute approximate surface area is 208 Å². The van der Waals surface area contributed by atoms with Gasteiger partial charge in [0.1, 0.15) is 17.2 Å². The second-order valence-corrected chi connectivity index (χ2v) is 9.82. The summed E-state index contributed by atoms with van der Waals surface area (Å²) in [5, 5.41) is 2.68. The number of sulfonamides is 1. The van der Waals surface area contributed by atoms with Crippen molar-refractivity contribution in [3.63, 3.8) is 0 Å². The summed E-state index contributed by atoms with van der Waals surface area (Å²) in [6.07, 6.45) is 2.48. The molecule has 1 fully saturated rings. The molecule has 1 saturated heterocycles. The summed E-state index contributed by atoms with van der Waals surface area (Å²) >= 11 is 0. The van der Waals surface area contributed by atoms with Crippen molar-refractivity contribution in [1.29, 1.82) is 0 Å². The third-order valence-electron chi connectivity index (χ3n) is 5.60. The third kappa shape index (κ3) is 5.56. The largest absolute Gasteiger partial charge is 0.495 e. The smallest absolute Gasteiger partial charge is 0.331 e. The number of para-hydroxylation sites is 2. The minimum Gasteiger partial charge on any atom is -0.495 e. The van der Waals surface area contributed by atoms with Gasteiger partial charge in [-0.2, -0.15) is 4.31 Å². The predicted molar refractivity (Wildman–Crippen MR) is 130 cm³/mol. The molecule has 4 rings (SSSR count). The van der Waals surface area contributed by atoms with Crippen molar-refractivity contribution in [2.75, 3.05) is 56.8 Å². The summed E-state index contributed by atoms with van der Waals surface area (Å²) in [4.78, 5) is 38.0. The molecular formula is C24H25N3O8S. The Hall–Kier alpha value is -3.74. The van der Waals surface area contributed by atoms with Gasteiger partial charge >= 0.3 is 5.97 Å². The van der Waals surface area contributed by atoms with Gasteiger partial charge in [0.25, 0.3) is 5.91 Å². The highest BCUT2D eigenvalue weighted by Gasteiger charge is 2.30. The van der Waals surface area contributed by atoms with Crippen LogP contribution in [0.15, 0.2) is 53.4 Å². The normalized spacial score (nSPS) is 16.4. The molecule has 2 heterocycles. The summed E-state index contributed by atoms with van der Waals surface area (Å²) in [7, 11) is -2.46. The lowest BCUT2D eigenvalue weighted by Gasteiger charge is -2.28. The number of ether oxygens (including phenoxy) is 3. The summed E-state index contributed by atoms with van der Waals surface area (Å²) in [5.74, 6) is -1.53. The van der Waals surface area contributed by atoms with Gasteiger partial charge in [-0.1, -0.05) is 18.2 Å². The number of fused-ring (bicyclic) bond motifs is 1. The van der Waals surface area contributed by atoms with Crippen LogP contribution in [-0.4, -0.2) is 77.1 Å². The fourth-order valence-corrected chi connectivity index (χ4v) is 5.40. The maximum Gasteiger partial charge on any atom is 0.331 e. The van der Waals surface area contributed by atoms with E-state index >= 15 is 0 Å². The fraction of sp³-hybridized carbons (Fsp3) is 0.292. The number of carbonyl (C=O) groups excluding carboxylic acids is 3. The Morgan fingerprint density at radius 1 is 1.14 bits per heavy atom. The van der Waals surface area contributed by atoms with Crippen LogP contribution >= 0.6 is 0 Å². The molecule has 0 spiro atoms. The van der Waals surface area contributed by atoms with Gasteiger partial charge in [0.2, 0.25) is 15.9 Å². The topological polar surface area (TPSA) is 132 Å². The van der Waals surface area contributed by atoms with Crippen LogP contribution in [0.25, 0.3) is 6.08 Å². The van der Waals surface area contributed by atoms with Crippen molar-refractivity contribution in [2.24, 2.45) is 0 Å². The van der Waals surface area contributed by atoms with E-state index in [9.17, 15) is 22.8 Å². The molecule has 2 aliphatic rings. The van der Waals surface area contributed by atoms with E-state index in [0.29, 0.717) is 30.2 Å². The first-order valence-electron chi connectivity index (χ1n) is 11.1. The number of morpholine rings is 1. The lowest BCUT2D eigenvalue weighted by atomic mass is 10.2. The van der Waals surface area contributed by atoms with Crippen molar-refractivity contribution in [1.82, 2.24) is 4.31 Å². The predicted octanol–water partition coefficient (Wildman–Crippen LogP) is 1.26. The van der Waals surface area contributed by atoms with E-state index < -0.39 is 28.5 Å². The van der Waals surface area contributed by atoms with E-state index in [1.807, 2.05) is 0 Å².